The van der Waals surface area contributed by atoms with Gasteiger partial charge in [0, 0.05) is 4.47 Å². The zero-order valence-electron chi connectivity index (χ0n) is 14.1. The highest BCUT2D eigenvalue weighted by atomic mass is 79.9. The Morgan fingerprint density at radius 1 is 1.12 bits per heavy atom. The minimum absolute atomic E-state index is 0.108. The van der Waals surface area contributed by atoms with Crippen molar-refractivity contribution in [3.63, 3.8) is 0 Å². The van der Waals surface area contributed by atoms with Gasteiger partial charge in [0.05, 0.1) is 19.6 Å². The summed E-state index contributed by atoms with van der Waals surface area (Å²) in [5, 5.41) is 2.81. The van der Waals surface area contributed by atoms with Crippen LogP contribution in [0, 0.1) is 0 Å². The van der Waals surface area contributed by atoms with E-state index in [9.17, 15) is 9.59 Å². The summed E-state index contributed by atoms with van der Waals surface area (Å²) >= 11 is 3.45. The molecule has 6 heteroatoms. The summed E-state index contributed by atoms with van der Waals surface area (Å²) in [6, 6.07) is 14.6. The number of ether oxygens (including phenoxy) is 2. The van der Waals surface area contributed by atoms with Crippen LogP contribution in [0.5, 0.6) is 5.75 Å². The highest BCUT2D eigenvalue weighted by Gasteiger charge is 2.14. The molecule has 2 aromatic rings. The maximum Gasteiger partial charge on any atom is 0.310 e. The molecule has 0 spiro atoms. The van der Waals surface area contributed by atoms with Crippen molar-refractivity contribution in [3.8, 4) is 5.75 Å². The van der Waals surface area contributed by atoms with E-state index >= 15 is 0 Å². The van der Waals surface area contributed by atoms with Crippen LogP contribution in [0.15, 0.2) is 53.0 Å². The molecule has 0 unspecified atom stereocenters. The number of carbonyl (C=O) groups excluding carboxylic acids is 2. The molecule has 2 rings (SSSR count). The van der Waals surface area contributed by atoms with Crippen molar-refractivity contribution < 1.29 is 19.1 Å². The van der Waals surface area contributed by atoms with Gasteiger partial charge in [-0.25, -0.2) is 0 Å². The van der Waals surface area contributed by atoms with Gasteiger partial charge in [0.1, 0.15) is 5.75 Å². The molecule has 25 heavy (non-hydrogen) atoms. The Labute approximate surface area is 155 Å². The van der Waals surface area contributed by atoms with Crippen molar-refractivity contribution in [2.45, 2.75) is 19.4 Å². The number of methoxy groups -OCH3 is 1. The van der Waals surface area contributed by atoms with Gasteiger partial charge in [0.25, 0.3) is 5.91 Å². The predicted octanol–water partition coefficient (Wildman–Crippen LogP) is 3.42. The fourth-order valence-corrected chi connectivity index (χ4v) is 2.92. The average Bonchev–Trinajstić information content (AvgIpc) is 2.61. The normalized spacial score (nSPS) is 11.5. The number of carbonyl (C=O) groups is 2. The maximum atomic E-state index is 12.0. The summed E-state index contributed by atoms with van der Waals surface area (Å²) in [7, 11) is 1.58. The zero-order chi connectivity index (χ0) is 18.2. The Kier molecular flexibility index (Phi) is 7.01. The van der Waals surface area contributed by atoms with Crippen molar-refractivity contribution in [2.75, 3.05) is 13.7 Å². The Morgan fingerprint density at radius 3 is 2.44 bits per heavy atom. The summed E-state index contributed by atoms with van der Waals surface area (Å²) in [5.41, 5.74) is 1.76. The van der Waals surface area contributed by atoms with Crippen LogP contribution in [-0.4, -0.2) is 25.6 Å². The second kappa shape index (κ2) is 9.22. The molecule has 0 heterocycles. The van der Waals surface area contributed by atoms with E-state index in [2.05, 4.69) is 21.2 Å². The summed E-state index contributed by atoms with van der Waals surface area (Å²) in [6.07, 6.45) is 0.108. The number of hydrogen-bond acceptors (Lipinski definition) is 4. The van der Waals surface area contributed by atoms with Gasteiger partial charge in [0.15, 0.2) is 6.61 Å². The number of halogens is 1. The van der Waals surface area contributed by atoms with Crippen LogP contribution in [0.2, 0.25) is 0 Å². The van der Waals surface area contributed by atoms with Crippen molar-refractivity contribution in [3.05, 3.63) is 64.1 Å². The molecule has 0 aliphatic carbocycles. The molecule has 0 radical (unpaired) electrons. The number of benzene rings is 2. The molecule has 0 bridgehead atoms. The van der Waals surface area contributed by atoms with Gasteiger partial charge in [-0.15, -0.1) is 0 Å². The Hall–Kier alpha value is -2.34. The quantitative estimate of drug-likeness (QED) is 0.716. The van der Waals surface area contributed by atoms with Crippen molar-refractivity contribution in [2.24, 2.45) is 0 Å². The third-order valence-corrected chi connectivity index (χ3v) is 4.34. The lowest BCUT2D eigenvalue weighted by Gasteiger charge is -2.15. The molecule has 0 aliphatic rings. The van der Waals surface area contributed by atoms with Crippen LogP contribution in [0.3, 0.4) is 0 Å². The van der Waals surface area contributed by atoms with Gasteiger partial charge < -0.3 is 14.8 Å². The fourth-order valence-electron chi connectivity index (χ4n) is 2.29. The monoisotopic (exact) mass is 405 g/mol. The van der Waals surface area contributed by atoms with E-state index in [1.54, 1.807) is 31.4 Å². The average molecular weight is 406 g/mol. The van der Waals surface area contributed by atoms with Crippen LogP contribution >= 0.6 is 15.9 Å². The molecule has 1 amide bonds. The van der Waals surface area contributed by atoms with E-state index in [-0.39, 0.29) is 25.0 Å². The molecular weight excluding hydrogens is 386 g/mol. The van der Waals surface area contributed by atoms with Gasteiger partial charge >= 0.3 is 5.97 Å². The first-order valence-electron chi connectivity index (χ1n) is 7.82. The lowest BCUT2D eigenvalue weighted by atomic mass is 10.1. The largest absolute Gasteiger partial charge is 0.497 e. The molecule has 5 nitrogen and oxygen atoms in total. The highest BCUT2D eigenvalue weighted by Crippen LogP contribution is 2.22. The summed E-state index contributed by atoms with van der Waals surface area (Å²) in [4.78, 5) is 23.8. The first-order chi connectivity index (χ1) is 12.0. The standard InChI is InChI=1S/C19H20BrNO4/c1-13(16-5-3-4-6-17(16)20)21-18(22)12-25-19(23)11-14-7-9-15(24-2)10-8-14/h3-10,13H,11-12H2,1-2H3,(H,21,22)/t13-/m1/s1. The van der Waals surface area contributed by atoms with Gasteiger partial charge in [-0.05, 0) is 36.2 Å². The predicted molar refractivity (Wildman–Crippen MR) is 98.4 cm³/mol. The summed E-state index contributed by atoms with van der Waals surface area (Å²) in [5.74, 6) is -0.0715. The lowest BCUT2D eigenvalue weighted by Crippen LogP contribution is -2.31. The van der Waals surface area contributed by atoms with Crippen LogP contribution in [0.4, 0.5) is 0 Å². The second-order valence-electron chi connectivity index (χ2n) is 5.50. The molecule has 2 aromatic carbocycles. The minimum atomic E-state index is -0.450. The third kappa shape index (κ3) is 5.90. The van der Waals surface area contributed by atoms with Crippen molar-refractivity contribution >= 4 is 27.8 Å². The SMILES string of the molecule is COc1ccc(CC(=O)OCC(=O)N[C@H](C)c2ccccc2Br)cc1. The van der Waals surface area contributed by atoms with Gasteiger partial charge in [-0.1, -0.05) is 46.3 Å². The first-order valence-corrected chi connectivity index (χ1v) is 8.61. The smallest absolute Gasteiger partial charge is 0.310 e. The van der Waals surface area contributed by atoms with E-state index in [1.165, 1.54) is 0 Å². The Morgan fingerprint density at radius 2 is 1.80 bits per heavy atom. The molecular formula is C19H20BrNO4. The molecule has 132 valence electrons. The lowest BCUT2D eigenvalue weighted by molar-refractivity contribution is -0.148. The van der Waals surface area contributed by atoms with Crippen molar-refractivity contribution in [1.82, 2.24) is 5.32 Å². The molecule has 0 saturated carbocycles. The topological polar surface area (TPSA) is 64.6 Å². The summed E-state index contributed by atoms with van der Waals surface area (Å²) in [6.45, 7) is 1.57. The van der Waals surface area contributed by atoms with Crippen LogP contribution in [0.25, 0.3) is 0 Å². The molecule has 1 atom stereocenters. The highest BCUT2D eigenvalue weighted by molar-refractivity contribution is 9.10. The van der Waals surface area contributed by atoms with E-state index in [0.717, 1.165) is 21.3 Å². The van der Waals surface area contributed by atoms with Gasteiger partial charge in [0.2, 0.25) is 0 Å². The van der Waals surface area contributed by atoms with Crippen LogP contribution in [0.1, 0.15) is 24.1 Å². The Bertz CT molecular complexity index is 730. The molecule has 0 fully saturated rings. The number of hydrogen-bond donors (Lipinski definition) is 1. The number of nitrogens with one attached hydrogen (secondary N) is 1. The van der Waals surface area contributed by atoms with Gasteiger partial charge in [-0.2, -0.15) is 0 Å². The van der Waals surface area contributed by atoms with Gasteiger partial charge in [-0.3, -0.25) is 9.59 Å². The third-order valence-electron chi connectivity index (χ3n) is 3.62. The molecule has 1 N–H and O–H groups in total. The molecule has 0 aromatic heterocycles. The van der Waals surface area contributed by atoms with E-state index in [4.69, 9.17) is 9.47 Å². The van der Waals surface area contributed by atoms with Crippen LogP contribution in [-0.2, 0) is 20.7 Å². The Balaban J connectivity index is 1.78. The number of rotatable bonds is 7. The van der Waals surface area contributed by atoms with E-state index < -0.39 is 5.97 Å². The molecule has 0 aliphatic heterocycles. The number of esters is 1. The zero-order valence-corrected chi connectivity index (χ0v) is 15.7. The second-order valence-corrected chi connectivity index (χ2v) is 6.35. The summed E-state index contributed by atoms with van der Waals surface area (Å²) < 4.78 is 11.0. The van der Waals surface area contributed by atoms with E-state index in [1.807, 2.05) is 31.2 Å². The van der Waals surface area contributed by atoms with Crippen LogP contribution < -0.4 is 10.1 Å². The number of amides is 1. The van der Waals surface area contributed by atoms with Crippen molar-refractivity contribution in [1.29, 1.82) is 0 Å². The molecule has 0 saturated heterocycles. The fraction of sp³-hybridized carbons (Fsp3) is 0.263. The van der Waals surface area contributed by atoms with E-state index in [0.29, 0.717) is 0 Å². The maximum absolute atomic E-state index is 12.0. The first kappa shape index (κ1) is 19.0. The minimum Gasteiger partial charge on any atom is -0.497 e.